The number of H-pyrrole nitrogens is 1. The largest absolute Gasteiger partial charge is 0.351 e. The predicted molar refractivity (Wildman–Crippen MR) is 84.0 cm³/mol. The van der Waals surface area contributed by atoms with Gasteiger partial charge < -0.3 is 5.32 Å². The summed E-state index contributed by atoms with van der Waals surface area (Å²) >= 11 is 1.30. The summed E-state index contributed by atoms with van der Waals surface area (Å²) in [6.45, 7) is 6.22. The van der Waals surface area contributed by atoms with Gasteiger partial charge in [-0.1, -0.05) is 37.7 Å². The van der Waals surface area contributed by atoms with Gasteiger partial charge in [-0.25, -0.2) is 9.37 Å². The van der Waals surface area contributed by atoms with Gasteiger partial charge in [-0.2, -0.15) is 0 Å². The zero-order valence-corrected chi connectivity index (χ0v) is 13.6. The van der Waals surface area contributed by atoms with E-state index in [0.717, 1.165) is 11.4 Å². The lowest BCUT2D eigenvalue weighted by Gasteiger charge is -2.10. The van der Waals surface area contributed by atoms with Gasteiger partial charge in [-0.05, 0) is 24.6 Å². The molecule has 2 N–H and O–H groups in total. The van der Waals surface area contributed by atoms with Gasteiger partial charge in [0, 0.05) is 12.5 Å². The second kappa shape index (κ2) is 7.40. The molecule has 1 amide bonds. The fraction of sp³-hybridized carbons (Fsp3) is 0.400. The number of carbonyl (C=O) groups is 1. The number of aromatic nitrogens is 3. The van der Waals surface area contributed by atoms with E-state index in [4.69, 9.17) is 0 Å². The van der Waals surface area contributed by atoms with Crippen molar-refractivity contribution in [2.75, 3.05) is 0 Å². The monoisotopic (exact) mass is 322 g/mol. The first-order valence-corrected chi connectivity index (χ1v) is 7.94. The molecule has 0 spiro atoms. The average Bonchev–Trinajstić information content (AvgIpc) is 2.95. The number of halogens is 1. The number of rotatable bonds is 6. The number of carbonyl (C=O) groups excluding carboxylic acids is 1. The molecule has 1 atom stereocenters. The highest BCUT2D eigenvalue weighted by Gasteiger charge is 2.17. The van der Waals surface area contributed by atoms with Crippen molar-refractivity contribution in [2.45, 2.75) is 43.6 Å². The van der Waals surface area contributed by atoms with E-state index in [1.165, 1.54) is 23.9 Å². The van der Waals surface area contributed by atoms with Gasteiger partial charge in [0.15, 0.2) is 0 Å². The van der Waals surface area contributed by atoms with Crippen LogP contribution in [0.25, 0.3) is 0 Å². The zero-order valence-electron chi connectivity index (χ0n) is 12.8. The van der Waals surface area contributed by atoms with Gasteiger partial charge in [-0.3, -0.25) is 9.89 Å². The van der Waals surface area contributed by atoms with Gasteiger partial charge in [-0.15, -0.1) is 5.10 Å². The van der Waals surface area contributed by atoms with Gasteiger partial charge in [0.1, 0.15) is 11.6 Å². The van der Waals surface area contributed by atoms with Crippen LogP contribution in [0.15, 0.2) is 29.4 Å². The van der Waals surface area contributed by atoms with Crippen molar-refractivity contribution in [3.8, 4) is 0 Å². The lowest BCUT2D eigenvalue weighted by atomic mass is 10.2. The van der Waals surface area contributed by atoms with Crippen LogP contribution in [0.4, 0.5) is 4.39 Å². The number of nitrogens with zero attached hydrogens (tertiary/aromatic N) is 2. The number of hydrogen-bond acceptors (Lipinski definition) is 4. The minimum absolute atomic E-state index is 0.106. The molecule has 1 unspecified atom stereocenters. The predicted octanol–water partition coefficient (Wildman–Crippen LogP) is 2.86. The second-order valence-corrected chi connectivity index (χ2v) is 6.57. The van der Waals surface area contributed by atoms with Crippen LogP contribution in [0.1, 0.15) is 38.1 Å². The van der Waals surface area contributed by atoms with Crippen LogP contribution >= 0.6 is 11.8 Å². The maximum atomic E-state index is 12.8. The van der Waals surface area contributed by atoms with Crippen molar-refractivity contribution in [2.24, 2.45) is 0 Å². The van der Waals surface area contributed by atoms with Gasteiger partial charge in [0.2, 0.25) is 11.1 Å². The number of hydrogen-bond donors (Lipinski definition) is 2. The number of nitrogens with one attached hydrogen (secondary N) is 2. The van der Waals surface area contributed by atoms with Gasteiger partial charge >= 0.3 is 0 Å². The number of aromatic amines is 1. The first-order chi connectivity index (χ1) is 10.5. The lowest BCUT2D eigenvalue weighted by molar-refractivity contribution is -0.120. The number of thioether (sulfide) groups is 1. The van der Waals surface area contributed by atoms with Crippen LogP contribution in [0, 0.1) is 5.82 Å². The Kier molecular flexibility index (Phi) is 5.54. The van der Waals surface area contributed by atoms with Crippen molar-refractivity contribution in [3.63, 3.8) is 0 Å². The maximum absolute atomic E-state index is 12.8. The topological polar surface area (TPSA) is 70.7 Å². The summed E-state index contributed by atoms with van der Waals surface area (Å²) in [5.41, 5.74) is 0.854. The molecule has 118 valence electrons. The van der Waals surface area contributed by atoms with E-state index in [-0.39, 0.29) is 22.9 Å². The Morgan fingerprint density at radius 1 is 1.32 bits per heavy atom. The standard InChI is InChI=1S/C15H19FN4OS/c1-9(2)13-18-15(20-19-13)22-10(3)14(21)17-8-11-4-6-12(16)7-5-11/h4-7,9-10H,8H2,1-3H3,(H,17,21)(H,18,19,20). The van der Waals surface area contributed by atoms with Gasteiger partial charge in [0.05, 0.1) is 5.25 Å². The SMILES string of the molecule is CC(Sc1n[nH]c(C(C)C)n1)C(=O)NCc1ccc(F)cc1. The van der Waals surface area contributed by atoms with Crippen LogP contribution in [0.5, 0.6) is 0 Å². The minimum atomic E-state index is -0.309. The second-order valence-electron chi connectivity index (χ2n) is 5.26. The van der Waals surface area contributed by atoms with Crippen LogP contribution in [-0.4, -0.2) is 26.3 Å². The third-order valence-electron chi connectivity index (χ3n) is 3.06. The van der Waals surface area contributed by atoms with Crippen molar-refractivity contribution in [1.29, 1.82) is 0 Å². The molecule has 0 aliphatic rings. The van der Waals surface area contributed by atoms with E-state index in [1.54, 1.807) is 19.1 Å². The van der Waals surface area contributed by atoms with Crippen molar-refractivity contribution >= 4 is 17.7 Å². The molecule has 0 radical (unpaired) electrons. The molecular weight excluding hydrogens is 303 g/mol. The maximum Gasteiger partial charge on any atom is 0.233 e. The zero-order chi connectivity index (χ0) is 16.1. The third-order valence-corrected chi connectivity index (χ3v) is 4.02. The summed E-state index contributed by atoms with van der Waals surface area (Å²) in [7, 11) is 0. The molecule has 1 heterocycles. The molecule has 1 aromatic heterocycles. The summed E-state index contributed by atoms with van der Waals surface area (Å²) in [5.74, 6) is 0.681. The highest BCUT2D eigenvalue weighted by molar-refractivity contribution is 8.00. The molecule has 7 heteroatoms. The van der Waals surface area contributed by atoms with Crippen LogP contribution < -0.4 is 5.32 Å². The molecule has 0 bridgehead atoms. The van der Waals surface area contributed by atoms with E-state index in [0.29, 0.717) is 11.7 Å². The van der Waals surface area contributed by atoms with E-state index < -0.39 is 0 Å². The summed E-state index contributed by atoms with van der Waals surface area (Å²) in [4.78, 5) is 16.4. The Morgan fingerprint density at radius 2 is 2.00 bits per heavy atom. The third kappa shape index (κ3) is 4.56. The van der Waals surface area contributed by atoms with Crippen LogP contribution in [0.2, 0.25) is 0 Å². The minimum Gasteiger partial charge on any atom is -0.351 e. The van der Waals surface area contributed by atoms with Crippen LogP contribution in [-0.2, 0) is 11.3 Å². The fourth-order valence-electron chi connectivity index (χ4n) is 1.72. The molecule has 0 fully saturated rings. The molecule has 0 saturated heterocycles. The summed E-state index contributed by atoms with van der Waals surface area (Å²) in [6.07, 6.45) is 0. The quantitative estimate of drug-likeness (QED) is 0.802. The average molecular weight is 322 g/mol. The molecule has 0 aliphatic carbocycles. The summed E-state index contributed by atoms with van der Waals surface area (Å²) in [5, 5.41) is 10.0. The Morgan fingerprint density at radius 3 is 2.59 bits per heavy atom. The van der Waals surface area contributed by atoms with E-state index in [9.17, 15) is 9.18 Å². The highest BCUT2D eigenvalue weighted by Crippen LogP contribution is 2.21. The molecule has 1 aromatic carbocycles. The smallest absolute Gasteiger partial charge is 0.233 e. The fourth-order valence-corrected chi connectivity index (χ4v) is 2.47. The number of benzene rings is 1. The Hall–Kier alpha value is -1.89. The van der Waals surface area contributed by atoms with E-state index >= 15 is 0 Å². The molecule has 0 saturated carbocycles. The molecule has 2 rings (SSSR count). The molecule has 22 heavy (non-hydrogen) atoms. The lowest BCUT2D eigenvalue weighted by Crippen LogP contribution is -2.30. The molecular formula is C15H19FN4OS. The number of amides is 1. The van der Waals surface area contributed by atoms with Crippen molar-refractivity contribution in [3.05, 3.63) is 41.5 Å². The molecule has 2 aromatic rings. The highest BCUT2D eigenvalue weighted by atomic mass is 32.2. The van der Waals surface area contributed by atoms with Crippen molar-refractivity contribution in [1.82, 2.24) is 20.5 Å². The van der Waals surface area contributed by atoms with E-state index in [1.807, 2.05) is 13.8 Å². The normalized spacial score (nSPS) is 12.4. The Labute approximate surface area is 133 Å². The summed E-state index contributed by atoms with van der Waals surface area (Å²) in [6, 6.07) is 6.05. The molecule has 5 nitrogen and oxygen atoms in total. The first kappa shape index (κ1) is 16.5. The van der Waals surface area contributed by atoms with Crippen molar-refractivity contribution < 1.29 is 9.18 Å². The molecule has 0 aliphatic heterocycles. The Balaban J connectivity index is 1.84. The summed E-state index contributed by atoms with van der Waals surface area (Å²) < 4.78 is 12.8. The Bertz CT molecular complexity index is 627. The van der Waals surface area contributed by atoms with Crippen LogP contribution in [0.3, 0.4) is 0 Å². The van der Waals surface area contributed by atoms with Gasteiger partial charge in [0.25, 0.3) is 0 Å². The first-order valence-electron chi connectivity index (χ1n) is 7.07. The van der Waals surface area contributed by atoms with E-state index in [2.05, 4.69) is 20.5 Å².